The molecular weight excluding hydrogens is 380 g/mol. The fourth-order valence-corrected chi connectivity index (χ4v) is 4.09. The van der Waals surface area contributed by atoms with Gasteiger partial charge in [-0.05, 0) is 38.2 Å². The lowest BCUT2D eigenvalue weighted by Gasteiger charge is -2.41. The van der Waals surface area contributed by atoms with Gasteiger partial charge in [0.1, 0.15) is 17.9 Å². The van der Waals surface area contributed by atoms with E-state index in [4.69, 9.17) is 4.74 Å². The summed E-state index contributed by atoms with van der Waals surface area (Å²) in [6.45, 7) is 4.49. The molecule has 0 atom stereocenters. The zero-order chi connectivity index (χ0) is 21.1. The molecular formula is C23H28N4O3. The Morgan fingerprint density at radius 2 is 2.03 bits per heavy atom. The van der Waals surface area contributed by atoms with Crippen molar-refractivity contribution in [3.8, 4) is 5.75 Å². The number of nitrogens with one attached hydrogen (secondary N) is 1. The van der Waals surface area contributed by atoms with Gasteiger partial charge in [0.15, 0.2) is 0 Å². The Labute approximate surface area is 177 Å². The minimum Gasteiger partial charge on any atom is -0.484 e. The number of aryl methyl sites for hydroxylation is 1. The summed E-state index contributed by atoms with van der Waals surface area (Å²) in [5, 5.41) is 2.88. The van der Waals surface area contributed by atoms with Crippen LogP contribution in [0.1, 0.15) is 34.5 Å². The molecule has 7 nitrogen and oxygen atoms in total. The number of fused-ring (bicyclic) bond motifs is 1. The monoisotopic (exact) mass is 408 g/mol. The highest BCUT2D eigenvalue weighted by Crippen LogP contribution is 2.35. The molecule has 30 heavy (non-hydrogen) atoms. The van der Waals surface area contributed by atoms with Crippen molar-refractivity contribution >= 4 is 11.8 Å². The van der Waals surface area contributed by atoms with Gasteiger partial charge in [-0.3, -0.25) is 14.6 Å². The van der Waals surface area contributed by atoms with E-state index in [1.54, 1.807) is 11.1 Å². The van der Waals surface area contributed by atoms with Crippen molar-refractivity contribution in [2.24, 2.45) is 0 Å². The van der Waals surface area contributed by atoms with E-state index in [1.807, 2.05) is 43.3 Å². The molecule has 158 valence electrons. The quantitative estimate of drug-likeness (QED) is 0.838. The molecule has 0 radical (unpaired) electrons. The number of piperidine rings is 1. The van der Waals surface area contributed by atoms with Crippen LogP contribution in [0.5, 0.6) is 5.75 Å². The standard InChI is InChI=1S/C23H28N4O3/c1-17-6-7-20-19(13-17)22(29)27(16-23(30-20)8-11-26(2)12-9-23)15-21(28)25-14-18-5-3-4-10-24-18/h3-7,10,13H,8-9,11-12,14-16H2,1-2H3,(H,25,28). The van der Waals surface area contributed by atoms with Crippen molar-refractivity contribution in [2.75, 3.05) is 33.2 Å². The largest absolute Gasteiger partial charge is 0.484 e. The lowest BCUT2D eigenvalue weighted by molar-refractivity contribution is -0.122. The number of pyridine rings is 1. The molecule has 2 aliphatic heterocycles. The number of aromatic nitrogens is 1. The van der Waals surface area contributed by atoms with Crippen LogP contribution in [0.25, 0.3) is 0 Å². The second-order valence-corrected chi connectivity index (χ2v) is 8.35. The van der Waals surface area contributed by atoms with E-state index in [0.717, 1.165) is 37.2 Å². The zero-order valence-electron chi connectivity index (χ0n) is 17.6. The number of ether oxygens (including phenoxy) is 1. The molecule has 1 fully saturated rings. The summed E-state index contributed by atoms with van der Waals surface area (Å²) >= 11 is 0. The van der Waals surface area contributed by atoms with Gasteiger partial charge in [0, 0.05) is 32.1 Å². The number of hydrogen-bond acceptors (Lipinski definition) is 5. The summed E-state index contributed by atoms with van der Waals surface area (Å²) in [5.74, 6) is 0.261. The van der Waals surface area contributed by atoms with Gasteiger partial charge in [0.05, 0.1) is 24.3 Å². The first-order valence-electron chi connectivity index (χ1n) is 10.4. The average molecular weight is 409 g/mol. The first-order valence-corrected chi connectivity index (χ1v) is 10.4. The van der Waals surface area contributed by atoms with Gasteiger partial charge >= 0.3 is 0 Å². The molecule has 0 aliphatic carbocycles. The fourth-order valence-electron chi connectivity index (χ4n) is 4.09. The van der Waals surface area contributed by atoms with E-state index in [9.17, 15) is 9.59 Å². The average Bonchev–Trinajstić information content (AvgIpc) is 2.85. The summed E-state index contributed by atoms with van der Waals surface area (Å²) in [7, 11) is 2.09. The number of carbonyl (C=O) groups is 2. The SMILES string of the molecule is Cc1ccc2c(c1)C(=O)N(CC(=O)NCc1ccccn1)CC1(CCN(C)CC1)O2. The number of rotatable bonds is 4. The maximum absolute atomic E-state index is 13.3. The van der Waals surface area contributed by atoms with Crippen molar-refractivity contribution in [3.63, 3.8) is 0 Å². The first kappa shape index (κ1) is 20.3. The second kappa shape index (κ2) is 8.44. The second-order valence-electron chi connectivity index (χ2n) is 8.35. The van der Waals surface area contributed by atoms with Crippen molar-refractivity contribution in [1.29, 1.82) is 0 Å². The zero-order valence-corrected chi connectivity index (χ0v) is 17.6. The van der Waals surface area contributed by atoms with E-state index in [1.165, 1.54) is 0 Å². The van der Waals surface area contributed by atoms with Gasteiger partial charge in [-0.15, -0.1) is 0 Å². The van der Waals surface area contributed by atoms with Crippen LogP contribution in [-0.4, -0.2) is 65.4 Å². The van der Waals surface area contributed by atoms with E-state index < -0.39 is 5.60 Å². The molecule has 0 bridgehead atoms. The minimum absolute atomic E-state index is 0.00000189. The van der Waals surface area contributed by atoms with Crippen LogP contribution in [0.15, 0.2) is 42.6 Å². The van der Waals surface area contributed by atoms with Gasteiger partial charge in [-0.1, -0.05) is 17.7 Å². The van der Waals surface area contributed by atoms with E-state index in [-0.39, 0.29) is 18.4 Å². The van der Waals surface area contributed by atoms with Crippen molar-refractivity contribution in [1.82, 2.24) is 20.1 Å². The highest BCUT2D eigenvalue weighted by atomic mass is 16.5. The summed E-state index contributed by atoms with van der Waals surface area (Å²) in [4.78, 5) is 34.1. The Bertz CT molecular complexity index is 923. The predicted octanol–water partition coefficient (Wildman–Crippen LogP) is 2.01. The lowest BCUT2D eigenvalue weighted by Crippen LogP contribution is -2.54. The van der Waals surface area contributed by atoms with Crippen LogP contribution >= 0.6 is 0 Å². The molecule has 1 spiro atoms. The molecule has 0 saturated carbocycles. The van der Waals surface area contributed by atoms with E-state index in [2.05, 4.69) is 22.2 Å². The Balaban J connectivity index is 1.54. The molecule has 3 heterocycles. The van der Waals surface area contributed by atoms with Gasteiger partial charge in [0.25, 0.3) is 5.91 Å². The molecule has 0 unspecified atom stereocenters. The van der Waals surface area contributed by atoms with Crippen LogP contribution < -0.4 is 10.1 Å². The van der Waals surface area contributed by atoms with Crippen LogP contribution in [0.2, 0.25) is 0 Å². The summed E-state index contributed by atoms with van der Waals surface area (Å²) in [6.07, 6.45) is 3.33. The molecule has 2 aromatic rings. The normalized spacial score (nSPS) is 18.5. The number of amides is 2. The third kappa shape index (κ3) is 4.46. The molecule has 4 rings (SSSR count). The molecule has 1 aromatic heterocycles. The molecule has 1 saturated heterocycles. The molecule has 1 aromatic carbocycles. The highest BCUT2D eigenvalue weighted by Gasteiger charge is 2.42. The molecule has 2 aliphatic rings. The Morgan fingerprint density at radius 3 is 2.77 bits per heavy atom. The van der Waals surface area contributed by atoms with Crippen molar-refractivity contribution in [3.05, 3.63) is 59.4 Å². The molecule has 7 heteroatoms. The van der Waals surface area contributed by atoms with Crippen LogP contribution in [0.3, 0.4) is 0 Å². The molecule has 1 N–H and O–H groups in total. The third-order valence-corrected chi connectivity index (χ3v) is 5.88. The van der Waals surface area contributed by atoms with Gasteiger partial charge in [-0.2, -0.15) is 0 Å². The Morgan fingerprint density at radius 1 is 1.23 bits per heavy atom. The predicted molar refractivity (Wildman–Crippen MR) is 113 cm³/mol. The fraction of sp³-hybridized carbons (Fsp3) is 0.435. The first-order chi connectivity index (χ1) is 14.4. The minimum atomic E-state index is -0.468. The number of likely N-dealkylation sites (tertiary alicyclic amines) is 1. The number of hydrogen-bond donors (Lipinski definition) is 1. The Hall–Kier alpha value is -2.93. The van der Waals surface area contributed by atoms with Crippen LogP contribution in [0, 0.1) is 6.92 Å². The topological polar surface area (TPSA) is 74.8 Å². The summed E-state index contributed by atoms with van der Waals surface area (Å²) in [6, 6.07) is 11.3. The van der Waals surface area contributed by atoms with Crippen LogP contribution in [-0.2, 0) is 11.3 Å². The van der Waals surface area contributed by atoms with Crippen LogP contribution in [0.4, 0.5) is 0 Å². The third-order valence-electron chi connectivity index (χ3n) is 5.88. The number of nitrogens with zero attached hydrogens (tertiary/aromatic N) is 3. The molecule has 2 amide bonds. The summed E-state index contributed by atoms with van der Waals surface area (Å²) < 4.78 is 6.47. The van der Waals surface area contributed by atoms with Gasteiger partial charge in [-0.25, -0.2) is 0 Å². The number of benzene rings is 1. The van der Waals surface area contributed by atoms with Crippen molar-refractivity contribution < 1.29 is 14.3 Å². The van der Waals surface area contributed by atoms with Crippen molar-refractivity contribution in [2.45, 2.75) is 31.9 Å². The van der Waals surface area contributed by atoms with Gasteiger partial charge in [0.2, 0.25) is 5.91 Å². The van der Waals surface area contributed by atoms with E-state index in [0.29, 0.717) is 24.4 Å². The maximum Gasteiger partial charge on any atom is 0.258 e. The van der Waals surface area contributed by atoms with E-state index >= 15 is 0 Å². The summed E-state index contributed by atoms with van der Waals surface area (Å²) in [5.41, 5.74) is 1.83. The highest BCUT2D eigenvalue weighted by molar-refractivity contribution is 5.99. The smallest absolute Gasteiger partial charge is 0.258 e. The van der Waals surface area contributed by atoms with Gasteiger partial charge < -0.3 is 19.9 Å². The maximum atomic E-state index is 13.3. The lowest BCUT2D eigenvalue weighted by atomic mass is 9.90. The number of carbonyl (C=O) groups excluding carboxylic acids is 2. The Kier molecular flexibility index (Phi) is 5.72.